The van der Waals surface area contributed by atoms with Crippen molar-refractivity contribution >= 4 is 45.1 Å². The molecule has 3 rings (SSSR count). The third-order valence-corrected chi connectivity index (χ3v) is 6.43. The highest BCUT2D eigenvalue weighted by atomic mass is 32.2. The summed E-state index contributed by atoms with van der Waals surface area (Å²) in [5.74, 6) is 0.123. The van der Waals surface area contributed by atoms with Gasteiger partial charge in [-0.2, -0.15) is 0 Å². The Morgan fingerprint density at radius 1 is 1.22 bits per heavy atom. The van der Waals surface area contributed by atoms with Crippen LogP contribution in [-0.4, -0.2) is 34.1 Å². The summed E-state index contributed by atoms with van der Waals surface area (Å²) in [7, 11) is 1.33. The lowest BCUT2D eigenvalue weighted by molar-refractivity contribution is -0.140. The van der Waals surface area contributed by atoms with Crippen LogP contribution in [0.5, 0.6) is 0 Å². The maximum absolute atomic E-state index is 13.0. The number of carbonyl (C=O) groups excluding carboxylic acids is 2. The number of fused-ring (bicyclic) bond motifs is 1. The van der Waals surface area contributed by atoms with E-state index in [-0.39, 0.29) is 12.2 Å². The minimum atomic E-state index is -0.609. The smallest absolute Gasteiger partial charge is 0.307 e. The molecule has 7 heteroatoms. The lowest BCUT2D eigenvalue weighted by Crippen LogP contribution is -2.22. The van der Waals surface area contributed by atoms with Gasteiger partial charge in [-0.3, -0.25) is 9.59 Å². The number of esters is 1. The van der Waals surface area contributed by atoms with Crippen molar-refractivity contribution in [2.45, 2.75) is 37.0 Å². The average molecular weight is 401 g/mol. The molecule has 0 fully saturated rings. The van der Waals surface area contributed by atoms with Crippen LogP contribution in [0.25, 0.3) is 10.2 Å². The van der Waals surface area contributed by atoms with Gasteiger partial charge < -0.3 is 4.74 Å². The third kappa shape index (κ3) is 4.54. The molecule has 3 aromatic rings. The van der Waals surface area contributed by atoms with Gasteiger partial charge in [0.05, 0.1) is 18.8 Å². The molecule has 1 atom stereocenters. The number of ketones is 1. The van der Waals surface area contributed by atoms with Crippen LogP contribution in [-0.2, 0) is 16.0 Å². The van der Waals surface area contributed by atoms with Crippen LogP contribution in [0, 0.1) is 6.92 Å². The first-order valence-corrected chi connectivity index (χ1v) is 10.3. The van der Waals surface area contributed by atoms with Crippen molar-refractivity contribution in [3.63, 3.8) is 0 Å². The number of nitrogens with zero attached hydrogens (tertiary/aromatic N) is 2. The van der Waals surface area contributed by atoms with E-state index in [0.29, 0.717) is 11.4 Å². The lowest BCUT2D eigenvalue weighted by atomic mass is 10.1. The number of aryl methyl sites for hydroxylation is 2. The first-order valence-electron chi connectivity index (χ1n) is 8.61. The molecule has 140 valence electrons. The summed E-state index contributed by atoms with van der Waals surface area (Å²) in [6.45, 7) is 3.93. The average Bonchev–Trinajstić information content (AvgIpc) is 3.10. The summed E-state index contributed by atoms with van der Waals surface area (Å²) >= 11 is 2.94. The Bertz CT molecular complexity index is 970. The molecule has 0 bridgehead atoms. The van der Waals surface area contributed by atoms with E-state index in [1.807, 2.05) is 25.1 Å². The Morgan fingerprint density at radius 2 is 1.96 bits per heavy atom. The van der Waals surface area contributed by atoms with Gasteiger partial charge in [0.2, 0.25) is 0 Å². The summed E-state index contributed by atoms with van der Waals surface area (Å²) in [4.78, 5) is 36.1. The summed E-state index contributed by atoms with van der Waals surface area (Å²) < 4.78 is 4.80. The standard InChI is InChI=1S/C20H20N2O3S2/c1-4-14-10-15-19(26-14)21-12(2)22-20(15)27-16(11-17(23)25-3)18(24)13-8-6-5-7-9-13/h5-10,16H,4,11H2,1-3H3. The Kier molecular flexibility index (Phi) is 6.23. The Labute approximate surface area is 166 Å². The highest BCUT2D eigenvalue weighted by Crippen LogP contribution is 2.35. The molecule has 2 heterocycles. The molecule has 1 unspecified atom stereocenters. The van der Waals surface area contributed by atoms with Gasteiger partial charge in [0.25, 0.3) is 0 Å². The SMILES string of the molecule is CCc1cc2c(SC(CC(=O)OC)C(=O)c3ccccc3)nc(C)nc2s1. The van der Waals surface area contributed by atoms with Gasteiger partial charge in [0.1, 0.15) is 15.7 Å². The van der Waals surface area contributed by atoms with E-state index >= 15 is 0 Å². The first-order chi connectivity index (χ1) is 13.0. The Hall–Kier alpha value is -2.25. The number of thiophene rings is 1. The van der Waals surface area contributed by atoms with Crippen molar-refractivity contribution in [2.75, 3.05) is 7.11 Å². The zero-order valence-electron chi connectivity index (χ0n) is 15.4. The largest absolute Gasteiger partial charge is 0.469 e. The Balaban J connectivity index is 1.98. The number of aromatic nitrogens is 2. The minimum Gasteiger partial charge on any atom is -0.469 e. The van der Waals surface area contributed by atoms with Gasteiger partial charge in [-0.05, 0) is 19.4 Å². The molecule has 0 amide bonds. The zero-order chi connectivity index (χ0) is 19.4. The second-order valence-electron chi connectivity index (χ2n) is 5.98. The fourth-order valence-corrected chi connectivity index (χ4v) is 4.93. The van der Waals surface area contributed by atoms with Gasteiger partial charge in [-0.15, -0.1) is 11.3 Å². The fraction of sp³-hybridized carbons (Fsp3) is 0.300. The fourth-order valence-electron chi connectivity index (χ4n) is 2.66. The van der Waals surface area contributed by atoms with E-state index in [1.54, 1.807) is 23.5 Å². The van der Waals surface area contributed by atoms with Crippen LogP contribution in [0.15, 0.2) is 41.4 Å². The van der Waals surface area contributed by atoms with Gasteiger partial charge in [0, 0.05) is 15.8 Å². The molecule has 0 aliphatic rings. The summed E-state index contributed by atoms with van der Waals surface area (Å²) in [5.41, 5.74) is 0.570. The van der Waals surface area contributed by atoms with Crippen molar-refractivity contribution in [3.8, 4) is 0 Å². The predicted octanol–water partition coefficient (Wildman–Crippen LogP) is 4.47. The summed E-state index contributed by atoms with van der Waals surface area (Å²) in [6.07, 6.45) is 0.906. The third-order valence-electron chi connectivity index (χ3n) is 4.05. The van der Waals surface area contributed by atoms with E-state index in [2.05, 4.69) is 23.0 Å². The number of carbonyl (C=O) groups is 2. The summed E-state index contributed by atoms with van der Waals surface area (Å²) in [6, 6.07) is 11.1. The number of ether oxygens (including phenoxy) is 1. The highest BCUT2D eigenvalue weighted by Gasteiger charge is 2.26. The van der Waals surface area contributed by atoms with Gasteiger partial charge in [0.15, 0.2) is 5.78 Å². The van der Waals surface area contributed by atoms with Crippen LogP contribution in [0.1, 0.15) is 34.4 Å². The molecule has 0 spiro atoms. The van der Waals surface area contributed by atoms with E-state index in [1.165, 1.54) is 23.7 Å². The summed E-state index contributed by atoms with van der Waals surface area (Å²) in [5, 5.41) is 1.05. The Morgan fingerprint density at radius 3 is 2.63 bits per heavy atom. The van der Waals surface area contributed by atoms with Crippen LogP contribution < -0.4 is 0 Å². The number of thioether (sulfide) groups is 1. The maximum atomic E-state index is 13.0. The van der Waals surface area contributed by atoms with Crippen LogP contribution in [0.4, 0.5) is 0 Å². The monoisotopic (exact) mass is 400 g/mol. The molecule has 1 aromatic carbocycles. The van der Waals surface area contributed by atoms with Crippen molar-refractivity contribution in [3.05, 3.63) is 52.7 Å². The van der Waals surface area contributed by atoms with Gasteiger partial charge in [-0.1, -0.05) is 49.0 Å². The number of hydrogen-bond donors (Lipinski definition) is 0. The van der Waals surface area contributed by atoms with E-state index in [9.17, 15) is 9.59 Å². The molecule has 0 radical (unpaired) electrons. The van der Waals surface area contributed by atoms with Crippen molar-refractivity contribution in [2.24, 2.45) is 0 Å². The number of hydrogen-bond acceptors (Lipinski definition) is 7. The van der Waals surface area contributed by atoms with Crippen LogP contribution in [0.2, 0.25) is 0 Å². The van der Waals surface area contributed by atoms with E-state index in [4.69, 9.17) is 4.74 Å². The zero-order valence-corrected chi connectivity index (χ0v) is 17.0. The minimum absolute atomic E-state index is 0.00971. The van der Waals surface area contributed by atoms with Crippen molar-refractivity contribution < 1.29 is 14.3 Å². The topological polar surface area (TPSA) is 69.2 Å². The molecular weight excluding hydrogens is 380 g/mol. The molecule has 2 aromatic heterocycles. The van der Waals surface area contributed by atoms with E-state index < -0.39 is 11.2 Å². The predicted molar refractivity (Wildman–Crippen MR) is 109 cm³/mol. The lowest BCUT2D eigenvalue weighted by Gasteiger charge is -2.15. The quantitative estimate of drug-likeness (QED) is 0.252. The van der Waals surface area contributed by atoms with E-state index in [0.717, 1.165) is 21.7 Å². The van der Waals surface area contributed by atoms with Gasteiger partial charge in [-0.25, -0.2) is 9.97 Å². The molecule has 0 aliphatic heterocycles. The maximum Gasteiger partial charge on any atom is 0.307 e. The van der Waals surface area contributed by atoms with Crippen LogP contribution in [0.3, 0.4) is 0 Å². The second-order valence-corrected chi connectivity index (χ2v) is 8.28. The molecular formula is C20H20N2O3S2. The molecule has 0 saturated heterocycles. The van der Waals surface area contributed by atoms with Crippen molar-refractivity contribution in [1.29, 1.82) is 0 Å². The van der Waals surface area contributed by atoms with Gasteiger partial charge >= 0.3 is 5.97 Å². The number of methoxy groups -OCH3 is 1. The molecule has 5 nitrogen and oxygen atoms in total. The highest BCUT2D eigenvalue weighted by molar-refractivity contribution is 8.00. The molecule has 27 heavy (non-hydrogen) atoms. The van der Waals surface area contributed by atoms with Crippen molar-refractivity contribution in [1.82, 2.24) is 9.97 Å². The number of rotatable bonds is 7. The van der Waals surface area contributed by atoms with Crippen LogP contribution >= 0.6 is 23.1 Å². The first kappa shape index (κ1) is 19.5. The molecule has 0 aliphatic carbocycles. The number of benzene rings is 1. The second kappa shape index (κ2) is 8.63. The molecule has 0 N–H and O–H groups in total. The normalized spacial score (nSPS) is 12.1. The number of Topliss-reactive ketones (excluding diaryl/α,β-unsaturated/α-hetero) is 1. The molecule has 0 saturated carbocycles.